The van der Waals surface area contributed by atoms with E-state index in [1.807, 2.05) is 0 Å². The summed E-state index contributed by atoms with van der Waals surface area (Å²) in [4.78, 5) is 24.9. The number of morpholine rings is 1. The van der Waals surface area contributed by atoms with Crippen molar-refractivity contribution in [3.63, 3.8) is 0 Å². The molecule has 0 saturated carbocycles. The summed E-state index contributed by atoms with van der Waals surface area (Å²) < 4.78 is 5.07. The lowest BCUT2D eigenvalue weighted by molar-refractivity contribution is -0.125. The van der Waals surface area contributed by atoms with Crippen LogP contribution in [0, 0.1) is 0 Å². The highest BCUT2D eigenvalue weighted by atomic mass is 16.5. The van der Waals surface area contributed by atoms with Gasteiger partial charge in [0, 0.05) is 24.5 Å². The van der Waals surface area contributed by atoms with E-state index in [9.17, 15) is 9.59 Å². The number of carbonyl (C=O) groups is 2. The predicted octanol–water partition coefficient (Wildman–Crippen LogP) is -0.726. The second-order valence-corrected chi connectivity index (χ2v) is 4.48. The molecule has 1 atom stereocenters. The zero-order chi connectivity index (χ0) is 14.5. The molecule has 7 heteroatoms. The maximum absolute atomic E-state index is 11.7. The largest absolute Gasteiger partial charge is 0.370 e. The Morgan fingerprint density at radius 2 is 2.10 bits per heavy atom. The Morgan fingerprint density at radius 1 is 1.40 bits per heavy atom. The topological polar surface area (TPSA) is 111 Å². The van der Waals surface area contributed by atoms with Crippen molar-refractivity contribution in [2.75, 3.05) is 36.5 Å². The molecule has 0 spiro atoms. The van der Waals surface area contributed by atoms with Gasteiger partial charge < -0.3 is 26.4 Å². The fourth-order valence-corrected chi connectivity index (χ4v) is 1.86. The molecule has 1 heterocycles. The molecule has 7 nitrogen and oxygen atoms in total. The summed E-state index contributed by atoms with van der Waals surface area (Å²) >= 11 is 0. The number of carbonyl (C=O) groups excluding carboxylic acids is 2. The number of nitrogens with zero attached hydrogens (tertiary/aromatic N) is 1. The van der Waals surface area contributed by atoms with E-state index in [-0.39, 0.29) is 25.0 Å². The molecule has 108 valence electrons. The quantitative estimate of drug-likeness (QED) is 0.672. The summed E-state index contributed by atoms with van der Waals surface area (Å²) in [6.07, 6.45) is 0. The Balaban J connectivity index is 2.02. The highest BCUT2D eigenvalue weighted by Gasteiger charge is 2.20. The molecule has 1 saturated heterocycles. The fourth-order valence-electron chi connectivity index (χ4n) is 1.86. The lowest BCUT2D eigenvalue weighted by atomic mass is 10.2. The van der Waals surface area contributed by atoms with E-state index >= 15 is 0 Å². The van der Waals surface area contributed by atoms with Gasteiger partial charge in [-0.3, -0.25) is 9.59 Å². The SMILES string of the molecule is NC[C@@H](N)C(=O)Nc1ccc(N2CCOCC2=O)cc1. The van der Waals surface area contributed by atoms with Crippen LogP contribution in [0.15, 0.2) is 24.3 Å². The third-order valence-electron chi connectivity index (χ3n) is 3.02. The number of hydrogen-bond acceptors (Lipinski definition) is 5. The molecule has 5 N–H and O–H groups in total. The van der Waals surface area contributed by atoms with E-state index < -0.39 is 6.04 Å². The molecule has 0 radical (unpaired) electrons. The summed E-state index contributed by atoms with van der Waals surface area (Å²) in [7, 11) is 0. The fraction of sp³-hybridized carbons (Fsp3) is 0.385. The lowest BCUT2D eigenvalue weighted by Gasteiger charge is -2.27. The van der Waals surface area contributed by atoms with Gasteiger partial charge in [-0.1, -0.05) is 0 Å². The molecule has 1 aromatic carbocycles. The van der Waals surface area contributed by atoms with Crippen LogP contribution < -0.4 is 21.7 Å². The average molecular weight is 278 g/mol. The predicted molar refractivity (Wildman–Crippen MR) is 75.3 cm³/mol. The maximum atomic E-state index is 11.7. The van der Waals surface area contributed by atoms with Gasteiger partial charge in [0.1, 0.15) is 6.61 Å². The Labute approximate surface area is 116 Å². The number of benzene rings is 1. The molecule has 1 fully saturated rings. The van der Waals surface area contributed by atoms with Crippen molar-refractivity contribution in [3.05, 3.63) is 24.3 Å². The minimum atomic E-state index is -0.726. The van der Waals surface area contributed by atoms with E-state index in [2.05, 4.69) is 5.32 Å². The van der Waals surface area contributed by atoms with Crippen LogP contribution >= 0.6 is 0 Å². The molecule has 0 unspecified atom stereocenters. The van der Waals surface area contributed by atoms with Crippen molar-refractivity contribution < 1.29 is 14.3 Å². The monoisotopic (exact) mass is 278 g/mol. The zero-order valence-corrected chi connectivity index (χ0v) is 11.0. The van der Waals surface area contributed by atoms with Crippen LogP contribution in [0.2, 0.25) is 0 Å². The lowest BCUT2D eigenvalue weighted by Crippen LogP contribution is -2.42. The first-order valence-corrected chi connectivity index (χ1v) is 6.36. The van der Waals surface area contributed by atoms with Crippen LogP contribution in [0.3, 0.4) is 0 Å². The number of anilines is 2. The molecule has 0 bridgehead atoms. The van der Waals surface area contributed by atoms with Crippen LogP contribution in [0.25, 0.3) is 0 Å². The van der Waals surface area contributed by atoms with Gasteiger partial charge in [-0.15, -0.1) is 0 Å². The van der Waals surface area contributed by atoms with Crippen molar-refractivity contribution in [1.82, 2.24) is 0 Å². The van der Waals surface area contributed by atoms with Crippen molar-refractivity contribution in [2.24, 2.45) is 11.5 Å². The van der Waals surface area contributed by atoms with E-state index in [1.165, 1.54) is 0 Å². The number of ether oxygens (including phenoxy) is 1. The number of amides is 2. The summed E-state index contributed by atoms with van der Waals surface area (Å²) in [5.74, 6) is -0.402. The van der Waals surface area contributed by atoms with Gasteiger partial charge in [0.25, 0.3) is 5.91 Å². The summed E-state index contributed by atoms with van der Waals surface area (Å²) in [6, 6.07) is 6.26. The van der Waals surface area contributed by atoms with Crippen LogP contribution in [-0.2, 0) is 14.3 Å². The molecular weight excluding hydrogens is 260 g/mol. The van der Waals surface area contributed by atoms with Crippen molar-refractivity contribution in [3.8, 4) is 0 Å². The number of hydrogen-bond donors (Lipinski definition) is 3. The molecule has 20 heavy (non-hydrogen) atoms. The molecule has 2 amide bonds. The first-order chi connectivity index (χ1) is 9.61. The summed E-state index contributed by atoms with van der Waals surface area (Å²) in [5.41, 5.74) is 12.2. The second-order valence-electron chi connectivity index (χ2n) is 4.48. The minimum absolute atomic E-state index is 0.0711. The first-order valence-electron chi connectivity index (χ1n) is 6.36. The van der Waals surface area contributed by atoms with Crippen molar-refractivity contribution in [1.29, 1.82) is 0 Å². The van der Waals surface area contributed by atoms with Crippen LogP contribution in [0.4, 0.5) is 11.4 Å². The highest BCUT2D eigenvalue weighted by Crippen LogP contribution is 2.19. The minimum Gasteiger partial charge on any atom is -0.370 e. The van der Waals surface area contributed by atoms with Gasteiger partial charge in [-0.25, -0.2) is 0 Å². The average Bonchev–Trinajstić information content (AvgIpc) is 2.48. The van der Waals surface area contributed by atoms with Crippen molar-refractivity contribution in [2.45, 2.75) is 6.04 Å². The van der Waals surface area contributed by atoms with Gasteiger partial charge >= 0.3 is 0 Å². The van der Waals surface area contributed by atoms with Crippen molar-refractivity contribution >= 4 is 23.2 Å². The Morgan fingerprint density at radius 3 is 2.70 bits per heavy atom. The zero-order valence-electron chi connectivity index (χ0n) is 11.0. The third-order valence-corrected chi connectivity index (χ3v) is 3.02. The number of nitrogens with two attached hydrogens (primary N) is 2. The van der Waals surface area contributed by atoms with Gasteiger partial charge in [0.05, 0.1) is 12.6 Å². The highest BCUT2D eigenvalue weighted by molar-refractivity contribution is 5.96. The Hall–Kier alpha value is -1.96. The normalized spacial score (nSPS) is 16.9. The molecular formula is C13H18N4O3. The van der Waals surface area contributed by atoms with Crippen LogP contribution in [-0.4, -0.2) is 44.2 Å². The smallest absolute Gasteiger partial charge is 0.253 e. The molecule has 1 aromatic rings. The number of nitrogens with one attached hydrogen (secondary N) is 1. The Bertz CT molecular complexity index is 489. The molecule has 1 aliphatic rings. The molecule has 0 aromatic heterocycles. The molecule has 1 aliphatic heterocycles. The van der Waals surface area contributed by atoms with Gasteiger partial charge in [0.2, 0.25) is 5.91 Å². The Kier molecular flexibility index (Phi) is 4.67. The molecule has 2 rings (SSSR count). The van der Waals surface area contributed by atoms with Gasteiger partial charge in [-0.05, 0) is 24.3 Å². The van der Waals surface area contributed by atoms with Crippen LogP contribution in [0.1, 0.15) is 0 Å². The van der Waals surface area contributed by atoms with Crippen LogP contribution in [0.5, 0.6) is 0 Å². The summed E-state index contributed by atoms with van der Waals surface area (Å²) in [5, 5.41) is 2.66. The van der Waals surface area contributed by atoms with Gasteiger partial charge in [-0.2, -0.15) is 0 Å². The standard InChI is InChI=1S/C13H18N4O3/c14-7-11(15)13(19)16-9-1-3-10(4-2-9)17-5-6-20-8-12(17)18/h1-4,11H,5-8,14-15H2,(H,16,19)/t11-/m1/s1. The van der Waals surface area contributed by atoms with E-state index in [1.54, 1.807) is 29.2 Å². The van der Waals surface area contributed by atoms with E-state index in [0.717, 1.165) is 5.69 Å². The molecule has 0 aliphatic carbocycles. The maximum Gasteiger partial charge on any atom is 0.253 e. The van der Waals surface area contributed by atoms with Gasteiger partial charge in [0.15, 0.2) is 0 Å². The number of rotatable bonds is 4. The third kappa shape index (κ3) is 3.32. The second kappa shape index (κ2) is 6.47. The van der Waals surface area contributed by atoms with E-state index in [4.69, 9.17) is 16.2 Å². The summed E-state index contributed by atoms with van der Waals surface area (Å²) in [6.45, 7) is 1.24. The van der Waals surface area contributed by atoms with E-state index in [0.29, 0.717) is 18.8 Å². The first kappa shape index (κ1) is 14.4.